The second kappa shape index (κ2) is 8.85. The zero-order valence-corrected chi connectivity index (χ0v) is 20.3. The topological polar surface area (TPSA) is 109 Å². The Morgan fingerprint density at radius 1 is 1.19 bits per heavy atom. The van der Waals surface area contributed by atoms with E-state index in [0.717, 1.165) is 15.7 Å². The Morgan fingerprint density at radius 3 is 2.59 bits per heavy atom. The van der Waals surface area contributed by atoms with E-state index in [1.165, 1.54) is 40.6 Å². The molecule has 2 aromatic carbocycles. The lowest BCUT2D eigenvalue weighted by Gasteiger charge is -2.06. The predicted octanol–water partition coefficient (Wildman–Crippen LogP) is 4.55. The van der Waals surface area contributed by atoms with Gasteiger partial charge in [-0.05, 0) is 61.9 Å². The predicted molar refractivity (Wildman–Crippen MR) is 130 cm³/mol. The van der Waals surface area contributed by atoms with Crippen LogP contribution in [0.1, 0.15) is 16.8 Å². The number of halogens is 1. The smallest absolute Gasteiger partial charge is 0.280 e. The summed E-state index contributed by atoms with van der Waals surface area (Å²) < 4.78 is 29.7. The van der Waals surface area contributed by atoms with Crippen LogP contribution >= 0.6 is 27.3 Å². The summed E-state index contributed by atoms with van der Waals surface area (Å²) in [7, 11) is -3.73. The number of aromatic amines is 1. The maximum absolute atomic E-state index is 12.9. The highest BCUT2D eigenvalue weighted by atomic mass is 79.9. The van der Waals surface area contributed by atoms with Gasteiger partial charge in [0, 0.05) is 28.0 Å². The fraction of sp³-hybridized carbons (Fsp3) is 0.0952. The first-order valence-electron chi connectivity index (χ1n) is 9.39. The first-order valence-corrected chi connectivity index (χ1v) is 12.5. The maximum Gasteiger partial charge on any atom is 0.280 e. The normalized spacial score (nSPS) is 11.8. The molecule has 4 rings (SSSR count). The fourth-order valence-corrected chi connectivity index (χ4v) is 5.31. The number of benzene rings is 2. The lowest BCUT2D eigenvalue weighted by molar-refractivity contribution is 0.601. The van der Waals surface area contributed by atoms with E-state index < -0.39 is 10.0 Å². The van der Waals surface area contributed by atoms with Gasteiger partial charge in [0.1, 0.15) is 0 Å². The van der Waals surface area contributed by atoms with Crippen molar-refractivity contribution in [3.05, 3.63) is 85.7 Å². The van der Waals surface area contributed by atoms with E-state index in [0.29, 0.717) is 22.1 Å². The van der Waals surface area contributed by atoms with Crippen molar-refractivity contribution in [3.8, 4) is 5.69 Å². The van der Waals surface area contributed by atoms with Crippen LogP contribution in [0.3, 0.4) is 0 Å². The van der Waals surface area contributed by atoms with Crippen LogP contribution in [0.4, 0.5) is 10.8 Å². The first kappa shape index (κ1) is 22.2. The zero-order chi connectivity index (χ0) is 22.9. The van der Waals surface area contributed by atoms with Gasteiger partial charge in [-0.25, -0.2) is 18.1 Å². The molecular formula is C21H18BrN5O3S2. The average molecular weight is 532 g/mol. The number of H-pyrrole nitrogens is 1. The van der Waals surface area contributed by atoms with Crippen LogP contribution in [0, 0.1) is 13.8 Å². The van der Waals surface area contributed by atoms with Crippen molar-refractivity contribution in [3.63, 3.8) is 0 Å². The summed E-state index contributed by atoms with van der Waals surface area (Å²) >= 11 is 4.62. The van der Waals surface area contributed by atoms with E-state index in [4.69, 9.17) is 0 Å². The van der Waals surface area contributed by atoms with Gasteiger partial charge in [0.05, 0.1) is 21.8 Å². The monoisotopic (exact) mass is 531 g/mol. The molecule has 164 valence electrons. The van der Waals surface area contributed by atoms with Crippen LogP contribution in [0.25, 0.3) is 5.69 Å². The number of hydrogen-bond donors (Lipinski definition) is 2. The molecule has 0 fully saturated rings. The van der Waals surface area contributed by atoms with Gasteiger partial charge in [-0.3, -0.25) is 19.6 Å². The van der Waals surface area contributed by atoms with Crippen molar-refractivity contribution < 1.29 is 8.42 Å². The Hall–Kier alpha value is -3.02. The molecule has 0 aliphatic heterocycles. The molecule has 0 spiro atoms. The number of rotatable bonds is 6. The Morgan fingerprint density at radius 2 is 1.94 bits per heavy atom. The summed E-state index contributed by atoms with van der Waals surface area (Å²) in [6.07, 6.45) is 3.01. The Labute approximate surface area is 196 Å². The van der Waals surface area contributed by atoms with Gasteiger partial charge < -0.3 is 0 Å². The second-order valence-corrected chi connectivity index (χ2v) is 10.4. The van der Waals surface area contributed by atoms with Crippen LogP contribution in [0.5, 0.6) is 0 Å². The number of anilines is 1. The third kappa shape index (κ3) is 4.59. The minimum atomic E-state index is -3.73. The number of nitrogens with zero attached hydrogens (tertiary/aromatic N) is 3. The standard InChI is InChI=1S/C21H18BrN5O3S2/c1-13-11-15(22)3-8-19(13)27-20(28)18(14(2)25-27)12-24-16-4-6-17(7-5-16)32(29,30)26-21-23-9-10-31-21/h3-12,25H,1-2H3,(H,23,26). The molecule has 0 atom stereocenters. The Balaban J connectivity index is 1.57. The third-order valence-electron chi connectivity index (χ3n) is 4.66. The summed E-state index contributed by atoms with van der Waals surface area (Å²) in [6, 6.07) is 11.7. The van der Waals surface area contributed by atoms with E-state index in [9.17, 15) is 13.2 Å². The lowest BCUT2D eigenvalue weighted by atomic mass is 10.2. The molecule has 11 heteroatoms. The minimum Gasteiger partial charge on any atom is -0.295 e. The van der Waals surface area contributed by atoms with Crippen LogP contribution < -0.4 is 10.3 Å². The number of nitrogens with one attached hydrogen (secondary N) is 2. The first-order chi connectivity index (χ1) is 15.2. The van der Waals surface area contributed by atoms with Gasteiger partial charge in [0.15, 0.2) is 5.13 Å². The van der Waals surface area contributed by atoms with Gasteiger partial charge in [0.25, 0.3) is 15.6 Å². The number of aliphatic imine (C=N–C) groups is 1. The van der Waals surface area contributed by atoms with E-state index in [-0.39, 0.29) is 10.5 Å². The van der Waals surface area contributed by atoms with Crippen molar-refractivity contribution in [1.82, 2.24) is 14.8 Å². The third-order valence-corrected chi connectivity index (χ3v) is 7.33. The van der Waals surface area contributed by atoms with Crippen molar-refractivity contribution >= 4 is 54.3 Å². The van der Waals surface area contributed by atoms with Crippen molar-refractivity contribution in [1.29, 1.82) is 0 Å². The molecule has 4 aromatic rings. The van der Waals surface area contributed by atoms with E-state index in [2.05, 4.69) is 35.7 Å². The van der Waals surface area contributed by atoms with Crippen LogP contribution in [0.15, 0.2) is 73.2 Å². The average Bonchev–Trinajstić information content (AvgIpc) is 3.34. The molecule has 0 saturated carbocycles. The van der Waals surface area contributed by atoms with Gasteiger partial charge in [-0.1, -0.05) is 15.9 Å². The number of aryl methyl sites for hydroxylation is 2. The molecule has 0 aliphatic rings. The molecule has 2 N–H and O–H groups in total. The van der Waals surface area contributed by atoms with Crippen molar-refractivity contribution in [2.75, 3.05) is 4.72 Å². The quantitative estimate of drug-likeness (QED) is 0.355. The van der Waals surface area contributed by atoms with Crippen LogP contribution in [0.2, 0.25) is 0 Å². The lowest BCUT2D eigenvalue weighted by Crippen LogP contribution is -2.18. The molecule has 0 saturated heterocycles. The van der Waals surface area contributed by atoms with Gasteiger partial charge in [-0.15, -0.1) is 11.3 Å². The summed E-state index contributed by atoms with van der Waals surface area (Å²) in [6.45, 7) is 3.73. The molecule has 0 radical (unpaired) electrons. The molecule has 2 aromatic heterocycles. The van der Waals surface area contributed by atoms with E-state index >= 15 is 0 Å². The Bertz CT molecular complexity index is 1450. The van der Waals surface area contributed by atoms with Crippen molar-refractivity contribution in [2.45, 2.75) is 18.7 Å². The second-order valence-electron chi connectivity index (χ2n) is 6.92. The fourth-order valence-electron chi connectivity index (χ4n) is 3.05. The van der Waals surface area contributed by atoms with Crippen LogP contribution in [-0.2, 0) is 10.0 Å². The molecule has 0 bridgehead atoms. The molecule has 8 nitrogen and oxygen atoms in total. The molecule has 0 aliphatic carbocycles. The summed E-state index contributed by atoms with van der Waals surface area (Å²) in [5, 5.41) is 5.06. The largest absolute Gasteiger partial charge is 0.295 e. The number of aromatic nitrogens is 3. The molecule has 2 heterocycles. The highest BCUT2D eigenvalue weighted by Crippen LogP contribution is 2.21. The van der Waals surface area contributed by atoms with Gasteiger partial charge >= 0.3 is 0 Å². The summed E-state index contributed by atoms with van der Waals surface area (Å²) in [5.41, 5.74) is 3.09. The number of thiazole rings is 1. The van der Waals surface area contributed by atoms with Gasteiger partial charge in [0.2, 0.25) is 0 Å². The van der Waals surface area contributed by atoms with Gasteiger partial charge in [-0.2, -0.15) is 0 Å². The highest BCUT2D eigenvalue weighted by Gasteiger charge is 2.15. The molecule has 32 heavy (non-hydrogen) atoms. The Kier molecular flexibility index (Phi) is 6.13. The molecule has 0 unspecified atom stereocenters. The van der Waals surface area contributed by atoms with E-state index in [1.807, 2.05) is 25.1 Å². The van der Waals surface area contributed by atoms with Crippen molar-refractivity contribution in [2.24, 2.45) is 4.99 Å². The van der Waals surface area contributed by atoms with E-state index in [1.54, 1.807) is 24.4 Å². The highest BCUT2D eigenvalue weighted by molar-refractivity contribution is 9.10. The SMILES string of the molecule is Cc1cc(Br)ccc1-n1[nH]c(C)c(C=Nc2ccc(S(=O)(=O)Nc3nccs3)cc2)c1=O. The molecular weight excluding hydrogens is 514 g/mol. The number of hydrogen-bond acceptors (Lipinski definition) is 6. The maximum atomic E-state index is 12.9. The van der Waals surface area contributed by atoms with Crippen LogP contribution in [-0.4, -0.2) is 29.4 Å². The molecule has 0 amide bonds. The zero-order valence-electron chi connectivity index (χ0n) is 17.0. The summed E-state index contributed by atoms with van der Waals surface area (Å²) in [4.78, 5) is 21.3. The number of sulfonamides is 1. The minimum absolute atomic E-state index is 0.0949. The summed E-state index contributed by atoms with van der Waals surface area (Å²) in [5.74, 6) is 0.